The van der Waals surface area contributed by atoms with E-state index in [2.05, 4.69) is 0 Å². The second kappa shape index (κ2) is 9.18. The van der Waals surface area contributed by atoms with E-state index < -0.39 is 11.6 Å². The van der Waals surface area contributed by atoms with E-state index in [1.165, 1.54) is 11.8 Å². The summed E-state index contributed by atoms with van der Waals surface area (Å²) < 4.78 is 10.4. The van der Waals surface area contributed by atoms with Crippen molar-refractivity contribution in [1.29, 1.82) is 0 Å². The van der Waals surface area contributed by atoms with Crippen molar-refractivity contribution >= 4 is 35.6 Å². The zero-order chi connectivity index (χ0) is 16.6. The normalized spacial score (nSPS) is 12.7. The first kappa shape index (κ1) is 19.0. The molecule has 0 N–H and O–H groups in total. The molecular weight excluding hydrogens is 324 g/mol. The fraction of sp³-hybridized carbons (Fsp3) is 0.500. The van der Waals surface area contributed by atoms with E-state index in [1.54, 1.807) is 26.8 Å². The van der Waals surface area contributed by atoms with Crippen LogP contribution in [0, 0.1) is 0 Å². The van der Waals surface area contributed by atoms with Gasteiger partial charge in [0, 0.05) is 16.5 Å². The third-order valence-electron chi connectivity index (χ3n) is 2.42. The minimum atomic E-state index is -0.520. The molecule has 1 unspecified atom stereocenters. The number of hydrogen-bond donors (Lipinski definition) is 0. The molecule has 1 atom stereocenters. The van der Waals surface area contributed by atoms with Crippen LogP contribution in [0.4, 0.5) is 0 Å². The number of carbonyl (C=O) groups excluding carboxylic acids is 2. The third-order valence-corrected chi connectivity index (χ3v) is 3.83. The van der Waals surface area contributed by atoms with Gasteiger partial charge in [0.15, 0.2) is 0 Å². The van der Waals surface area contributed by atoms with Crippen LogP contribution in [0.2, 0.25) is 5.02 Å². The van der Waals surface area contributed by atoms with Gasteiger partial charge in [-0.3, -0.25) is 0 Å². The Balaban J connectivity index is 2.30. The Morgan fingerprint density at radius 3 is 2.73 bits per heavy atom. The lowest BCUT2D eigenvalue weighted by Crippen LogP contribution is -2.26. The van der Waals surface area contributed by atoms with Crippen molar-refractivity contribution < 1.29 is 19.1 Å². The zero-order valence-electron chi connectivity index (χ0n) is 13.0. The molecule has 122 valence electrons. The molecule has 0 aliphatic heterocycles. The molecule has 0 spiro atoms. The van der Waals surface area contributed by atoms with E-state index in [0.29, 0.717) is 18.1 Å². The molecule has 22 heavy (non-hydrogen) atoms. The van der Waals surface area contributed by atoms with Gasteiger partial charge in [0.05, 0.1) is 5.25 Å². The first-order valence-corrected chi connectivity index (χ1v) is 8.23. The van der Waals surface area contributed by atoms with Crippen molar-refractivity contribution in [3.05, 3.63) is 29.3 Å². The SMILES string of the molecule is CC(C)(C)OC(=O)COCCC(C=O)Sc1cccc(Cl)c1. The standard InChI is InChI=1S/C16H21ClO4S/c1-16(2,3)21-15(19)11-20-8-7-14(10-18)22-13-6-4-5-12(17)9-13/h4-6,9-10,14H,7-8,11H2,1-3H3. The molecule has 4 nitrogen and oxygen atoms in total. The van der Waals surface area contributed by atoms with Gasteiger partial charge in [-0.2, -0.15) is 0 Å². The molecular formula is C16H21ClO4S. The van der Waals surface area contributed by atoms with Gasteiger partial charge in [0.2, 0.25) is 0 Å². The van der Waals surface area contributed by atoms with Crippen LogP contribution in [0.25, 0.3) is 0 Å². The Morgan fingerprint density at radius 2 is 2.14 bits per heavy atom. The molecule has 0 saturated heterocycles. The summed E-state index contributed by atoms with van der Waals surface area (Å²) in [4.78, 5) is 23.5. The van der Waals surface area contributed by atoms with E-state index in [0.717, 1.165) is 11.2 Å². The highest BCUT2D eigenvalue weighted by molar-refractivity contribution is 8.00. The molecule has 0 radical (unpaired) electrons. The topological polar surface area (TPSA) is 52.6 Å². The predicted octanol–water partition coefficient (Wildman–Crippen LogP) is 3.75. The molecule has 1 aromatic rings. The lowest BCUT2D eigenvalue weighted by molar-refractivity contribution is -0.160. The summed E-state index contributed by atoms with van der Waals surface area (Å²) in [6.45, 7) is 5.61. The Hall–Kier alpha value is -1.04. The Labute approximate surface area is 140 Å². The highest BCUT2D eigenvalue weighted by Crippen LogP contribution is 2.26. The maximum absolute atomic E-state index is 11.5. The number of halogens is 1. The Kier molecular flexibility index (Phi) is 7.93. The molecule has 0 aliphatic rings. The largest absolute Gasteiger partial charge is 0.458 e. The first-order valence-electron chi connectivity index (χ1n) is 6.97. The average molecular weight is 345 g/mol. The van der Waals surface area contributed by atoms with Crippen LogP contribution in [0.1, 0.15) is 27.2 Å². The molecule has 0 amide bonds. The molecule has 0 bridgehead atoms. The van der Waals surface area contributed by atoms with Gasteiger partial charge >= 0.3 is 5.97 Å². The average Bonchev–Trinajstić information content (AvgIpc) is 2.40. The number of benzene rings is 1. The van der Waals surface area contributed by atoms with Crippen LogP contribution in [0.5, 0.6) is 0 Å². The molecule has 1 aromatic carbocycles. The van der Waals surface area contributed by atoms with Crippen LogP contribution in [-0.2, 0) is 19.1 Å². The quantitative estimate of drug-likeness (QED) is 0.311. The summed E-state index contributed by atoms with van der Waals surface area (Å²) in [5.74, 6) is -0.405. The van der Waals surface area contributed by atoms with Gasteiger partial charge in [0.25, 0.3) is 0 Å². The van der Waals surface area contributed by atoms with Crippen LogP contribution in [0.3, 0.4) is 0 Å². The summed E-state index contributed by atoms with van der Waals surface area (Å²) >= 11 is 7.33. The number of hydrogen-bond acceptors (Lipinski definition) is 5. The lowest BCUT2D eigenvalue weighted by atomic mass is 10.2. The number of esters is 1. The maximum Gasteiger partial charge on any atom is 0.332 e. The Bertz CT molecular complexity index is 499. The van der Waals surface area contributed by atoms with Crippen LogP contribution >= 0.6 is 23.4 Å². The monoisotopic (exact) mass is 344 g/mol. The highest BCUT2D eigenvalue weighted by atomic mass is 35.5. The highest BCUT2D eigenvalue weighted by Gasteiger charge is 2.16. The molecule has 0 aliphatic carbocycles. The fourth-order valence-electron chi connectivity index (χ4n) is 1.60. The maximum atomic E-state index is 11.5. The molecule has 0 fully saturated rings. The van der Waals surface area contributed by atoms with Crippen LogP contribution in [-0.4, -0.2) is 36.3 Å². The molecule has 6 heteroatoms. The smallest absolute Gasteiger partial charge is 0.332 e. The van der Waals surface area contributed by atoms with E-state index in [4.69, 9.17) is 21.1 Å². The summed E-state index contributed by atoms with van der Waals surface area (Å²) in [7, 11) is 0. The minimum Gasteiger partial charge on any atom is -0.458 e. The Morgan fingerprint density at radius 1 is 1.41 bits per heavy atom. The van der Waals surface area contributed by atoms with E-state index in [-0.39, 0.29) is 11.9 Å². The van der Waals surface area contributed by atoms with Gasteiger partial charge in [-0.1, -0.05) is 17.7 Å². The summed E-state index contributed by atoms with van der Waals surface area (Å²) in [5, 5.41) is 0.396. The second-order valence-electron chi connectivity index (χ2n) is 5.68. The van der Waals surface area contributed by atoms with Crippen molar-refractivity contribution in [2.45, 2.75) is 42.9 Å². The summed E-state index contributed by atoms with van der Waals surface area (Å²) in [6, 6.07) is 7.33. The minimum absolute atomic E-state index is 0.106. The first-order chi connectivity index (χ1) is 10.3. The van der Waals surface area contributed by atoms with Crippen molar-refractivity contribution in [3.63, 3.8) is 0 Å². The van der Waals surface area contributed by atoms with Crippen LogP contribution in [0.15, 0.2) is 29.2 Å². The number of carbonyl (C=O) groups is 2. The third kappa shape index (κ3) is 8.41. The zero-order valence-corrected chi connectivity index (χ0v) is 14.6. The van der Waals surface area contributed by atoms with Gasteiger partial charge in [-0.15, -0.1) is 11.8 Å². The molecule has 0 aromatic heterocycles. The molecule has 1 rings (SSSR count). The van der Waals surface area contributed by atoms with Gasteiger partial charge < -0.3 is 14.3 Å². The van der Waals surface area contributed by atoms with E-state index >= 15 is 0 Å². The van der Waals surface area contributed by atoms with Crippen molar-refractivity contribution in [1.82, 2.24) is 0 Å². The number of ether oxygens (including phenoxy) is 2. The van der Waals surface area contributed by atoms with Crippen molar-refractivity contribution in [2.75, 3.05) is 13.2 Å². The van der Waals surface area contributed by atoms with E-state index in [9.17, 15) is 9.59 Å². The number of aldehydes is 1. The fourth-order valence-corrected chi connectivity index (χ4v) is 2.82. The van der Waals surface area contributed by atoms with Crippen molar-refractivity contribution in [2.24, 2.45) is 0 Å². The molecule has 0 heterocycles. The van der Waals surface area contributed by atoms with Crippen LogP contribution < -0.4 is 0 Å². The summed E-state index contributed by atoms with van der Waals surface area (Å²) in [5.41, 5.74) is -0.520. The van der Waals surface area contributed by atoms with Gasteiger partial charge in [0.1, 0.15) is 18.5 Å². The van der Waals surface area contributed by atoms with Gasteiger partial charge in [-0.05, 0) is 45.4 Å². The van der Waals surface area contributed by atoms with E-state index in [1.807, 2.05) is 18.2 Å². The predicted molar refractivity (Wildman–Crippen MR) is 88.4 cm³/mol. The van der Waals surface area contributed by atoms with Gasteiger partial charge in [-0.25, -0.2) is 4.79 Å². The molecule has 0 saturated carbocycles. The van der Waals surface area contributed by atoms with Crippen molar-refractivity contribution in [3.8, 4) is 0 Å². The summed E-state index contributed by atoms with van der Waals surface area (Å²) in [6.07, 6.45) is 1.39. The number of thioether (sulfide) groups is 1. The second-order valence-corrected chi connectivity index (χ2v) is 7.43. The lowest BCUT2D eigenvalue weighted by Gasteiger charge is -2.19. The number of rotatable bonds is 8.